The van der Waals surface area contributed by atoms with Gasteiger partial charge in [-0.1, -0.05) is 25.0 Å². The molecule has 0 spiro atoms. The lowest BCUT2D eigenvalue weighted by Crippen LogP contribution is -2.38. The third-order valence-corrected chi connectivity index (χ3v) is 6.43. The Morgan fingerprint density at radius 2 is 1.67 bits per heavy atom. The van der Waals surface area contributed by atoms with Crippen molar-refractivity contribution in [3.8, 4) is 23.0 Å². The summed E-state index contributed by atoms with van der Waals surface area (Å²) in [7, 11) is 4.66. The van der Waals surface area contributed by atoms with Gasteiger partial charge in [-0.3, -0.25) is 4.79 Å². The number of nitrogens with zero attached hydrogens (tertiary/aromatic N) is 1. The van der Waals surface area contributed by atoms with Crippen LogP contribution in [0.1, 0.15) is 48.0 Å². The van der Waals surface area contributed by atoms with Gasteiger partial charge in [0.2, 0.25) is 5.75 Å². The van der Waals surface area contributed by atoms with Gasteiger partial charge >= 0.3 is 0 Å². The molecule has 1 aliphatic heterocycles. The first kappa shape index (κ1) is 23.2. The van der Waals surface area contributed by atoms with E-state index in [4.69, 9.17) is 23.7 Å². The number of carbonyl (C=O) groups is 1. The number of methoxy groups -OCH3 is 3. The highest BCUT2D eigenvalue weighted by Crippen LogP contribution is 2.41. The maximum Gasteiger partial charge on any atom is 0.258 e. The average Bonchev–Trinajstić information content (AvgIpc) is 3.56. The van der Waals surface area contributed by atoms with Crippen LogP contribution in [0.2, 0.25) is 0 Å². The Kier molecular flexibility index (Phi) is 7.60. The zero-order valence-corrected chi connectivity index (χ0v) is 19.7. The van der Waals surface area contributed by atoms with E-state index in [9.17, 15) is 4.79 Å². The minimum absolute atomic E-state index is 0.0665. The molecule has 1 unspecified atom stereocenters. The number of rotatable bonds is 9. The van der Waals surface area contributed by atoms with E-state index in [2.05, 4.69) is 0 Å². The fraction of sp³-hybridized carbons (Fsp3) is 0.500. The summed E-state index contributed by atoms with van der Waals surface area (Å²) in [6.07, 6.45) is 5.30. The molecule has 0 bridgehead atoms. The highest BCUT2D eigenvalue weighted by atomic mass is 16.5. The van der Waals surface area contributed by atoms with Gasteiger partial charge in [-0.2, -0.15) is 0 Å². The molecule has 7 heteroatoms. The minimum Gasteiger partial charge on any atom is -0.493 e. The Morgan fingerprint density at radius 1 is 0.939 bits per heavy atom. The summed E-state index contributed by atoms with van der Waals surface area (Å²) in [6, 6.07) is 11.7. The molecule has 4 rings (SSSR count). The van der Waals surface area contributed by atoms with Crippen LogP contribution in [0.15, 0.2) is 36.4 Å². The number of benzene rings is 2. The molecule has 1 aliphatic carbocycles. The predicted molar refractivity (Wildman–Crippen MR) is 125 cm³/mol. The minimum atomic E-state index is -0.0665. The molecule has 1 saturated carbocycles. The normalized spacial score (nSPS) is 18.2. The zero-order valence-electron chi connectivity index (χ0n) is 19.7. The van der Waals surface area contributed by atoms with Crippen LogP contribution < -0.4 is 18.9 Å². The quantitative estimate of drug-likeness (QED) is 0.556. The lowest BCUT2D eigenvalue weighted by Gasteiger charge is -2.30. The highest BCUT2D eigenvalue weighted by molar-refractivity contribution is 5.98. The zero-order chi connectivity index (χ0) is 23.2. The van der Waals surface area contributed by atoms with Crippen molar-refractivity contribution in [2.45, 2.75) is 50.8 Å². The van der Waals surface area contributed by atoms with E-state index in [0.29, 0.717) is 36.0 Å². The van der Waals surface area contributed by atoms with Crippen LogP contribution in [-0.4, -0.2) is 57.5 Å². The van der Waals surface area contributed by atoms with Crippen LogP contribution >= 0.6 is 0 Å². The van der Waals surface area contributed by atoms with Crippen LogP contribution in [0.4, 0.5) is 0 Å². The van der Waals surface area contributed by atoms with Gasteiger partial charge in [0.05, 0.1) is 40.1 Å². The number of carbonyl (C=O) groups excluding carboxylic acids is 1. The molecule has 0 aromatic heterocycles. The standard InChI is InChI=1S/C26H33NO6/c1-29-23-13-12-22(24(30-2)25(23)31-3)26(28)27(19-6-4-5-7-19)16-18-8-10-20(11-9-18)33-21-14-15-32-17-21/h8-13,19,21H,4-7,14-17H2,1-3H3. The summed E-state index contributed by atoms with van der Waals surface area (Å²) in [4.78, 5) is 15.8. The van der Waals surface area contributed by atoms with E-state index >= 15 is 0 Å². The lowest BCUT2D eigenvalue weighted by molar-refractivity contribution is 0.0660. The van der Waals surface area contributed by atoms with Gasteiger partial charge in [0, 0.05) is 19.0 Å². The summed E-state index contributed by atoms with van der Waals surface area (Å²) in [5, 5.41) is 0. The molecule has 7 nitrogen and oxygen atoms in total. The topological polar surface area (TPSA) is 66.5 Å². The van der Waals surface area contributed by atoms with Gasteiger partial charge < -0.3 is 28.6 Å². The molecule has 1 amide bonds. The average molecular weight is 456 g/mol. The van der Waals surface area contributed by atoms with E-state index in [-0.39, 0.29) is 18.1 Å². The second-order valence-electron chi connectivity index (χ2n) is 8.50. The van der Waals surface area contributed by atoms with Gasteiger partial charge in [0.15, 0.2) is 11.5 Å². The van der Waals surface area contributed by atoms with Gasteiger partial charge in [0.25, 0.3) is 5.91 Å². The number of ether oxygens (including phenoxy) is 5. The van der Waals surface area contributed by atoms with Crippen molar-refractivity contribution in [3.63, 3.8) is 0 Å². The van der Waals surface area contributed by atoms with Crippen LogP contribution in [0.3, 0.4) is 0 Å². The first-order valence-electron chi connectivity index (χ1n) is 11.6. The van der Waals surface area contributed by atoms with Crippen molar-refractivity contribution in [3.05, 3.63) is 47.5 Å². The SMILES string of the molecule is COc1ccc(C(=O)N(Cc2ccc(OC3CCOC3)cc2)C2CCCC2)c(OC)c1OC. The summed E-state index contributed by atoms with van der Waals surface area (Å²) in [5.74, 6) is 2.11. The lowest BCUT2D eigenvalue weighted by atomic mass is 10.1. The Labute approximate surface area is 195 Å². The van der Waals surface area contributed by atoms with Crippen molar-refractivity contribution in [2.75, 3.05) is 34.5 Å². The van der Waals surface area contributed by atoms with Gasteiger partial charge in [0.1, 0.15) is 11.9 Å². The molecule has 1 atom stereocenters. The first-order valence-corrected chi connectivity index (χ1v) is 11.6. The van der Waals surface area contributed by atoms with Gasteiger partial charge in [-0.05, 0) is 42.7 Å². The molecular formula is C26H33NO6. The molecular weight excluding hydrogens is 422 g/mol. The third-order valence-electron chi connectivity index (χ3n) is 6.43. The Hall–Kier alpha value is -2.93. The molecule has 0 N–H and O–H groups in total. The van der Waals surface area contributed by atoms with Crippen molar-refractivity contribution in [1.29, 1.82) is 0 Å². The Bertz CT molecular complexity index is 933. The molecule has 178 valence electrons. The Morgan fingerprint density at radius 3 is 2.27 bits per heavy atom. The van der Waals surface area contributed by atoms with Crippen molar-refractivity contribution in [2.24, 2.45) is 0 Å². The van der Waals surface area contributed by atoms with Crippen LogP contribution in [-0.2, 0) is 11.3 Å². The molecule has 0 radical (unpaired) electrons. The van der Waals surface area contributed by atoms with Crippen LogP contribution in [0.5, 0.6) is 23.0 Å². The fourth-order valence-electron chi connectivity index (χ4n) is 4.68. The van der Waals surface area contributed by atoms with E-state index in [0.717, 1.165) is 50.0 Å². The number of hydrogen-bond donors (Lipinski definition) is 0. The summed E-state index contributed by atoms with van der Waals surface area (Å²) >= 11 is 0. The highest BCUT2D eigenvalue weighted by Gasteiger charge is 2.31. The first-order chi connectivity index (χ1) is 16.1. The maximum absolute atomic E-state index is 13.8. The summed E-state index contributed by atoms with van der Waals surface area (Å²) in [6.45, 7) is 1.91. The number of amides is 1. The molecule has 2 aliphatic rings. The third kappa shape index (κ3) is 5.19. The second kappa shape index (κ2) is 10.8. The summed E-state index contributed by atoms with van der Waals surface area (Å²) < 4.78 is 27.8. The molecule has 33 heavy (non-hydrogen) atoms. The second-order valence-corrected chi connectivity index (χ2v) is 8.50. The van der Waals surface area contributed by atoms with E-state index in [1.54, 1.807) is 33.5 Å². The van der Waals surface area contributed by atoms with Crippen LogP contribution in [0.25, 0.3) is 0 Å². The largest absolute Gasteiger partial charge is 0.493 e. The van der Waals surface area contributed by atoms with Crippen molar-refractivity contribution < 1.29 is 28.5 Å². The van der Waals surface area contributed by atoms with Gasteiger partial charge in [-0.25, -0.2) is 0 Å². The predicted octanol–water partition coefficient (Wildman–Crippen LogP) is 4.47. The molecule has 2 fully saturated rings. The summed E-state index contributed by atoms with van der Waals surface area (Å²) in [5.41, 5.74) is 1.54. The maximum atomic E-state index is 13.8. The molecule has 1 heterocycles. The smallest absolute Gasteiger partial charge is 0.258 e. The van der Waals surface area contributed by atoms with E-state index < -0.39 is 0 Å². The van der Waals surface area contributed by atoms with E-state index in [1.165, 1.54) is 0 Å². The monoisotopic (exact) mass is 455 g/mol. The van der Waals surface area contributed by atoms with E-state index in [1.807, 2.05) is 29.2 Å². The van der Waals surface area contributed by atoms with Crippen molar-refractivity contribution >= 4 is 5.91 Å². The molecule has 2 aromatic carbocycles. The molecule has 1 saturated heterocycles. The molecule has 2 aromatic rings. The van der Waals surface area contributed by atoms with Crippen molar-refractivity contribution in [1.82, 2.24) is 4.90 Å². The van der Waals surface area contributed by atoms with Gasteiger partial charge in [-0.15, -0.1) is 0 Å². The fourth-order valence-corrected chi connectivity index (χ4v) is 4.68. The van der Waals surface area contributed by atoms with Crippen LogP contribution in [0, 0.1) is 0 Å². The Balaban J connectivity index is 1.57. The number of hydrogen-bond acceptors (Lipinski definition) is 6.